The Balaban J connectivity index is 2.26. The molecule has 0 bridgehead atoms. The van der Waals surface area contributed by atoms with E-state index in [1.807, 2.05) is 30.8 Å². The van der Waals surface area contributed by atoms with Gasteiger partial charge < -0.3 is 14.6 Å². The van der Waals surface area contributed by atoms with E-state index in [0.29, 0.717) is 0 Å². The summed E-state index contributed by atoms with van der Waals surface area (Å²) in [6.07, 6.45) is 4.36. The van der Waals surface area contributed by atoms with Gasteiger partial charge in [0.1, 0.15) is 0 Å². The maximum absolute atomic E-state index is 10.3. The zero-order valence-corrected chi connectivity index (χ0v) is 11.7. The largest absolute Gasteiger partial charge is 0.368 e. The van der Waals surface area contributed by atoms with Crippen molar-refractivity contribution in [2.45, 2.75) is 6.23 Å². The van der Waals surface area contributed by atoms with E-state index in [1.54, 1.807) is 23.5 Å². The van der Waals surface area contributed by atoms with Gasteiger partial charge >= 0.3 is 0 Å². The Morgan fingerprint density at radius 1 is 1.47 bits per heavy atom. The first-order valence-corrected chi connectivity index (χ1v) is 6.17. The van der Waals surface area contributed by atoms with Crippen molar-refractivity contribution < 1.29 is 5.11 Å². The molecule has 0 radical (unpaired) electrons. The highest BCUT2D eigenvalue weighted by atomic mass is 127. The Morgan fingerprint density at radius 2 is 2.24 bits per heavy atom. The third kappa shape index (κ3) is 2.42. The average molecular weight is 344 g/mol. The van der Waals surface area contributed by atoms with E-state index in [0.717, 1.165) is 15.2 Å². The van der Waals surface area contributed by atoms with Crippen molar-refractivity contribution in [3.8, 4) is 0 Å². The van der Waals surface area contributed by atoms with Crippen LogP contribution in [0.15, 0.2) is 30.7 Å². The number of hydrogen-bond donors (Lipinski definition) is 1. The Bertz CT molecular complexity index is 499. The molecule has 2 aromatic heterocycles. The van der Waals surface area contributed by atoms with Crippen molar-refractivity contribution in [2.24, 2.45) is 7.05 Å². The summed E-state index contributed by atoms with van der Waals surface area (Å²) in [5, 5.41) is 10.3. The van der Waals surface area contributed by atoms with Crippen molar-refractivity contribution >= 4 is 28.3 Å². The monoisotopic (exact) mass is 344 g/mol. The molecule has 0 saturated heterocycles. The van der Waals surface area contributed by atoms with Crippen LogP contribution in [0.5, 0.6) is 0 Å². The molecular weight excluding hydrogens is 331 g/mol. The standard InChI is InChI=1S/C11H13IN4O/c1-15(8-4-3-5-13-6-8)10(17)9-7-14-11(12)16(9)2/h3-7,10,17H,1-2H3. The van der Waals surface area contributed by atoms with E-state index < -0.39 is 6.23 Å². The molecular formula is C11H13IN4O. The van der Waals surface area contributed by atoms with Crippen molar-refractivity contribution in [1.82, 2.24) is 14.5 Å². The van der Waals surface area contributed by atoms with Gasteiger partial charge in [-0.3, -0.25) is 4.98 Å². The molecule has 6 heteroatoms. The van der Waals surface area contributed by atoms with Crippen LogP contribution in [-0.4, -0.2) is 26.7 Å². The van der Waals surface area contributed by atoms with Gasteiger partial charge in [-0.2, -0.15) is 0 Å². The summed E-state index contributed by atoms with van der Waals surface area (Å²) in [4.78, 5) is 9.94. The third-order valence-corrected chi connectivity index (χ3v) is 3.65. The maximum atomic E-state index is 10.3. The molecule has 2 aromatic rings. The van der Waals surface area contributed by atoms with Gasteiger partial charge in [-0.15, -0.1) is 0 Å². The SMILES string of the molecule is CN(c1cccnc1)C(O)c1cnc(I)n1C. The van der Waals surface area contributed by atoms with Crippen molar-refractivity contribution in [3.05, 3.63) is 40.2 Å². The van der Waals surface area contributed by atoms with Crippen LogP contribution in [0.1, 0.15) is 11.9 Å². The van der Waals surface area contributed by atoms with Gasteiger partial charge in [0.15, 0.2) is 10.1 Å². The lowest BCUT2D eigenvalue weighted by atomic mass is 10.3. The summed E-state index contributed by atoms with van der Waals surface area (Å²) in [5.74, 6) is 0. The summed E-state index contributed by atoms with van der Waals surface area (Å²) in [6.45, 7) is 0. The number of aromatic nitrogens is 3. The summed E-state index contributed by atoms with van der Waals surface area (Å²) in [6, 6.07) is 3.74. The number of aliphatic hydroxyl groups is 1. The molecule has 0 spiro atoms. The fourth-order valence-electron chi connectivity index (χ4n) is 1.54. The van der Waals surface area contributed by atoms with E-state index in [9.17, 15) is 5.11 Å². The highest BCUT2D eigenvalue weighted by Crippen LogP contribution is 2.23. The predicted molar refractivity (Wildman–Crippen MR) is 73.5 cm³/mol. The minimum absolute atomic E-state index is 0.736. The number of halogens is 1. The molecule has 0 aliphatic rings. The first-order chi connectivity index (χ1) is 8.11. The molecule has 90 valence electrons. The number of hydrogen-bond acceptors (Lipinski definition) is 4. The molecule has 17 heavy (non-hydrogen) atoms. The summed E-state index contributed by atoms with van der Waals surface area (Å²) in [5.41, 5.74) is 1.61. The van der Waals surface area contributed by atoms with Gasteiger partial charge in [-0.25, -0.2) is 4.98 Å². The van der Waals surface area contributed by atoms with Crippen molar-refractivity contribution in [1.29, 1.82) is 0 Å². The molecule has 2 heterocycles. The van der Waals surface area contributed by atoms with Crippen LogP contribution in [0.3, 0.4) is 0 Å². The predicted octanol–water partition coefficient (Wildman–Crippen LogP) is 1.55. The van der Waals surface area contributed by atoms with E-state index >= 15 is 0 Å². The van der Waals surface area contributed by atoms with Gasteiger partial charge in [0.25, 0.3) is 0 Å². The van der Waals surface area contributed by atoms with E-state index in [-0.39, 0.29) is 0 Å². The molecule has 1 N–H and O–H groups in total. The van der Waals surface area contributed by atoms with Gasteiger partial charge in [0, 0.05) is 20.3 Å². The normalized spacial score (nSPS) is 12.5. The Labute approximate surface area is 113 Å². The Morgan fingerprint density at radius 3 is 2.76 bits per heavy atom. The van der Waals surface area contributed by atoms with Gasteiger partial charge in [-0.1, -0.05) is 0 Å². The summed E-state index contributed by atoms with van der Waals surface area (Å²) < 4.78 is 2.70. The zero-order valence-electron chi connectivity index (χ0n) is 9.58. The fraction of sp³-hybridized carbons (Fsp3) is 0.273. The van der Waals surface area contributed by atoms with Gasteiger partial charge in [0.05, 0.1) is 23.8 Å². The van der Waals surface area contributed by atoms with Crippen LogP contribution in [-0.2, 0) is 7.05 Å². The minimum atomic E-state index is -0.736. The second kappa shape index (κ2) is 5.01. The summed E-state index contributed by atoms with van der Waals surface area (Å²) in [7, 11) is 3.70. The number of aliphatic hydroxyl groups excluding tert-OH is 1. The maximum Gasteiger partial charge on any atom is 0.171 e. The Kier molecular flexibility index (Phi) is 3.63. The third-order valence-electron chi connectivity index (χ3n) is 2.65. The van der Waals surface area contributed by atoms with Crippen LogP contribution in [0, 0.1) is 3.83 Å². The van der Waals surface area contributed by atoms with E-state index in [4.69, 9.17) is 0 Å². The molecule has 0 saturated carbocycles. The average Bonchev–Trinajstić information content (AvgIpc) is 2.69. The topological polar surface area (TPSA) is 54.2 Å². The van der Waals surface area contributed by atoms with Crippen LogP contribution < -0.4 is 4.90 Å². The lowest BCUT2D eigenvalue weighted by Crippen LogP contribution is -2.25. The molecule has 0 aliphatic heterocycles. The van der Waals surface area contributed by atoms with E-state index in [2.05, 4.69) is 32.6 Å². The number of nitrogens with zero attached hydrogens (tertiary/aromatic N) is 4. The molecule has 0 aromatic carbocycles. The van der Waals surface area contributed by atoms with E-state index in [1.165, 1.54) is 0 Å². The fourth-order valence-corrected chi connectivity index (χ4v) is 1.96. The van der Waals surface area contributed by atoms with Gasteiger partial charge in [-0.05, 0) is 34.7 Å². The number of pyridine rings is 1. The molecule has 0 amide bonds. The highest BCUT2D eigenvalue weighted by molar-refractivity contribution is 14.1. The number of rotatable bonds is 3. The second-order valence-electron chi connectivity index (χ2n) is 3.71. The molecule has 0 aliphatic carbocycles. The highest BCUT2D eigenvalue weighted by Gasteiger charge is 2.18. The molecule has 0 fully saturated rings. The van der Waals surface area contributed by atoms with Crippen LogP contribution >= 0.6 is 22.6 Å². The van der Waals surface area contributed by atoms with Crippen LogP contribution in [0.4, 0.5) is 5.69 Å². The van der Waals surface area contributed by atoms with Crippen LogP contribution in [0.2, 0.25) is 0 Å². The molecule has 2 rings (SSSR count). The lowest BCUT2D eigenvalue weighted by molar-refractivity contribution is 0.169. The van der Waals surface area contributed by atoms with Crippen molar-refractivity contribution in [2.75, 3.05) is 11.9 Å². The molecule has 1 unspecified atom stereocenters. The molecule has 5 nitrogen and oxygen atoms in total. The number of imidazole rings is 1. The number of anilines is 1. The first-order valence-electron chi connectivity index (χ1n) is 5.09. The smallest absolute Gasteiger partial charge is 0.171 e. The summed E-state index contributed by atoms with van der Waals surface area (Å²) >= 11 is 2.13. The second-order valence-corrected chi connectivity index (χ2v) is 4.67. The van der Waals surface area contributed by atoms with Crippen LogP contribution in [0.25, 0.3) is 0 Å². The first kappa shape index (κ1) is 12.3. The quantitative estimate of drug-likeness (QED) is 0.678. The lowest BCUT2D eigenvalue weighted by Gasteiger charge is -2.25. The van der Waals surface area contributed by atoms with Gasteiger partial charge in [0.2, 0.25) is 0 Å². The van der Waals surface area contributed by atoms with Crippen molar-refractivity contribution in [3.63, 3.8) is 0 Å². The zero-order chi connectivity index (χ0) is 12.4. The minimum Gasteiger partial charge on any atom is -0.368 e. The molecule has 1 atom stereocenters. The Hall–Kier alpha value is -1.15.